The monoisotopic (exact) mass is 365 g/mol. The number of fused-ring (bicyclic) bond motifs is 1. The highest BCUT2D eigenvalue weighted by molar-refractivity contribution is 6.13. The van der Waals surface area contributed by atoms with E-state index in [1.165, 1.54) is 6.07 Å². The summed E-state index contributed by atoms with van der Waals surface area (Å²) in [6.07, 6.45) is 0. The van der Waals surface area contributed by atoms with Crippen molar-refractivity contribution in [3.8, 4) is 11.3 Å². The molecule has 1 N–H and O–H groups in total. The van der Waals surface area contributed by atoms with Crippen molar-refractivity contribution >= 4 is 22.7 Å². The Morgan fingerprint density at radius 3 is 2.44 bits per heavy atom. The molecule has 1 amide bonds. The van der Waals surface area contributed by atoms with Crippen molar-refractivity contribution in [1.82, 2.24) is 10.1 Å². The fourth-order valence-corrected chi connectivity index (χ4v) is 2.83. The first-order chi connectivity index (χ1) is 13.0. The van der Waals surface area contributed by atoms with Gasteiger partial charge in [0.25, 0.3) is 11.6 Å². The van der Waals surface area contributed by atoms with Crippen LogP contribution in [0.4, 0.5) is 14.5 Å². The molecule has 0 aliphatic rings. The lowest BCUT2D eigenvalue weighted by atomic mass is 10.0. The van der Waals surface area contributed by atoms with E-state index in [9.17, 15) is 13.6 Å². The number of anilines is 1. The summed E-state index contributed by atoms with van der Waals surface area (Å²) in [5.41, 5.74) is 1.53. The number of halogens is 2. The van der Waals surface area contributed by atoms with Gasteiger partial charge in [0, 0.05) is 5.56 Å². The number of carbonyl (C=O) groups excluding carboxylic acids is 1. The molecule has 2 aromatic heterocycles. The molecular weight excluding hydrogens is 352 g/mol. The summed E-state index contributed by atoms with van der Waals surface area (Å²) < 4.78 is 33.0. The zero-order valence-corrected chi connectivity index (χ0v) is 14.2. The van der Waals surface area contributed by atoms with Crippen LogP contribution in [0.2, 0.25) is 0 Å². The van der Waals surface area contributed by atoms with Crippen LogP contribution in [0.25, 0.3) is 22.4 Å². The van der Waals surface area contributed by atoms with Gasteiger partial charge in [0.1, 0.15) is 17.3 Å². The predicted octanol–water partition coefficient (Wildman–Crippen LogP) is 4.73. The zero-order valence-electron chi connectivity index (χ0n) is 14.2. The van der Waals surface area contributed by atoms with Gasteiger partial charge in [-0.1, -0.05) is 41.6 Å². The van der Waals surface area contributed by atoms with E-state index >= 15 is 0 Å². The Labute approximate surface area is 152 Å². The van der Waals surface area contributed by atoms with E-state index < -0.39 is 23.2 Å². The second kappa shape index (κ2) is 6.60. The van der Waals surface area contributed by atoms with E-state index in [1.807, 2.05) is 30.3 Å². The quantitative estimate of drug-likeness (QED) is 0.570. The van der Waals surface area contributed by atoms with Gasteiger partial charge in [0.05, 0.1) is 22.3 Å². The first-order valence-electron chi connectivity index (χ1n) is 8.12. The molecular formula is C20H13F2N3O2. The molecule has 2 aromatic carbocycles. The maximum Gasteiger partial charge on any atom is 0.259 e. The van der Waals surface area contributed by atoms with Crippen LogP contribution < -0.4 is 5.32 Å². The molecule has 0 bridgehead atoms. The lowest BCUT2D eigenvalue weighted by molar-refractivity contribution is 0.102. The Bertz CT molecular complexity index is 1140. The number of carbonyl (C=O) groups is 1. The van der Waals surface area contributed by atoms with E-state index in [0.29, 0.717) is 16.8 Å². The van der Waals surface area contributed by atoms with Gasteiger partial charge in [-0.25, -0.2) is 13.8 Å². The highest BCUT2D eigenvalue weighted by Gasteiger charge is 2.21. The van der Waals surface area contributed by atoms with Gasteiger partial charge < -0.3 is 9.84 Å². The standard InChI is InChI=1S/C20H13F2N3O2/c1-11-17-13(19(26)24-18-14(21)8-5-9-15(18)22)10-16(23-20(17)27-25-11)12-6-3-2-4-7-12/h2-10H,1H3,(H,24,26). The largest absolute Gasteiger partial charge is 0.335 e. The summed E-state index contributed by atoms with van der Waals surface area (Å²) in [7, 11) is 0. The third-order valence-corrected chi connectivity index (χ3v) is 4.13. The molecule has 0 fully saturated rings. The van der Waals surface area contributed by atoms with Gasteiger partial charge in [-0.05, 0) is 25.1 Å². The molecule has 0 aliphatic heterocycles. The van der Waals surface area contributed by atoms with Gasteiger partial charge in [-0.3, -0.25) is 4.79 Å². The molecule has 7 heteroatoms. The minimum atomic E-state index is -0.862. The van der Waals surface area contributed by atoms with E-state index in [4.69, 9.17) is 4.52 Å². The summed E-state index contributed by atoms with van der Waals surface area (Å²) in [6, 6.07) is 14.1. The summed E-state index contributed by atoms with van der Waals surface area (Å²) in [6.45, 7) is 1.66. The topological polar surface area (TPSA) is 68.0 Å². The molecule has 0 spiro atoms. The summed E-state index contributed by atoms with van der Waals surface area (Å²) in [5, 5.41) is 6.54. The number of rotatable bonds is 3. The number of nitrogens with zero attached hydrogens (tertiary/aromatic N) is 2. The molecule has 0 saturated heterocycles. The van der Waals surface area contributed by atoms with Crippen LogP contribution in [-0.4, -0.2) is 16.0 Å². The summed E-state index contributed by atoms with van der Waals surface area (Å²) in [5.74, 6) is -2.41. The molecule has 27 heavy (non-hydrogen) atoms. The second-order valence-corrected chi connectivity index (χ2v) is 5.92. The Balaban J connectivity index is 1.84. The molecule has 0 aliphatic carbocycles. The number of amides is 1. The number of aryl methyl sites for hydroxylation is 1. The molecule has 134 valence electrons. The first kappa shape index (κ1) is 16.8. The molecule has 4 rings (SSSR count). The number of nitrogens with one attached hydrogen (secondary N) is 1. The van der Waals surface area contributed by atoms with Crippen molar-refractivity contribution in [3.63, 3.8) is 0 Å². The molecule has 0 saturated carbocycles. The van der Waals surface area contributed by atoms with Crippen LogP contribution in [0.5, 0.6) is 0 Å². The molecule has 2 heterocycles. The number of hydrogen-bond donors (Lipinski definition) is 1. The lowest BCUT2D eigenvalue weighted by Gasteiger charge is -2.09. The van der Waals surface area contributed by atoms with Gasteiger partial charge in [0.2, 0.25) is 0 Å². The molecule has 5 nitrogen and oxygen atoms in total. The van der Waals surface area contributed by atoms with E-state index in [0.717, 1.165) is 17.7 Å². The van der Waals surface area contributed by atoms with Crippen molar-refractivity contribution in [2.45, 2.75) is 6.92 Å². The van der Waals surface area contributed by atoms with E-state index in [-0.39, 0.29) is 11.3 Å². The predicted molar refractivity (Wildman–Crippen MR) is 96.3 cm³/mol. The Kier molecular flexibility index (Phi) is 4.12. The normalized spacial score (nSPS) is 10.9. The highest BCUT2D eigenvalue weighted by atomic mass is 19.1. The number of aromatic nitrogens is 2. The van der Waals surface area contributed by atoms with Crippen molar-refractivity contribution in [1.29, 1.82) is 0 Å². The van der Waals surface area contributed by atoms with Crippen molar-refractivity contribution < 1.29 is 18.1 Å². The minimum absolute atomic E-state index is 0.167. The van der Waals surface area contributed by atoms with E-state index in [1.54, 1.807) is 13.0 Å². The van der Waals surface area contributed by atoms with E-state index in [2.05, 4.69) is 15.5 Å². The Morgan fingerprint density at radius 1 is 1.04 bits per heavy atom. The Hall–Kier alpha value is -3.61. The van der Waals surface area contributed by atoms with Gasteiger partial charge >= 0.3 is 0 Å². The average molecular weight is 365 g/mol. The van der Waals surface area contributed by atoms with Crippen LogP contribution in [0, 0.1) is 18.6 Å². The Morgan fingerprint density at radius 2 is 1.74 bits per heavy atom. The third kappa shape index (κ3) is 3.03. The lowest BCUT2D eigenvalue weighted by Crippen LogP contribution is -2.15. The van der Waals surface area contributed by atoms with Gasteiger partial charge in [-0.15, -0.1) is 0 Å². The fraction of sp³-hybridized carbons (Fsp3) is 0.0500. The minimum Gasteiger partial charge on any atom is -0.335 e. The van der Waals surface area contributed by atoms with Crippen LogP contribution in [0.15, 0.2) is 59.1 Å². The van der Waals surface area contributed by atoms with Crippen molar-refractivity contribution in [2.75, 3.05) is 5.32 Å². The molecule has 4 aromatic rings. The van der Waals surface area contributed by atoms with Gasteiger partial charge in [0.15, 0.2) is 0 Å². The first-order valence-corrected chi connectivity index (χ1v) is 8.12. The van der Waals surface area contributed by atoms with Crippen LogP contribution in [-0.2, 0) is 0 Å². The number of hydrogen-bond acceptors (Lipinski definition) is 4. The molecule has 0 radical (unpaired) electrons. The molecule has 0 unspecified atom stereocenters. The van der Waals surface area contributed by atoms with Crippen molar-refractivity contribution in [2.24, 2.45) is 0 Å². The second-order valence-electron chi connectivity index (χ2n) is 5.92. The van der Waals surface area contributed by atoms with Crippen molar-refractivity contribution in [3.05, 3.63) is 77.5 Å². The summed E-state index contributed by atoms with van der Waals surface area (Å²) >= 11 is 0. The SMILES string of the molecule is Cc1noc2nc(-c3ccccc3)cc(C(=O)Nc3c(F)cccc3F)c12. The fourth-order valence-electron chi connectivity index (χ4n) is 2.83. The molecule has 0 atom stereocenters. The number of benzene rings is 2. The maximum absolute atomic E-state index is 13.9. The maximum atomic E-state index is 13.9. The third-order valence-electron chi connectivity index (χ3n) is 4.13. The summed E-state index contributed by atoms with van der Waals surface area (Å²) in [4.78, 5) is 17.2. The van der Waals surface area contributed by atoms with Crippen LogP contribution in [0.3, 0.4) is 0 Å². The average Bonchev–Trinajstić information content (AvgIpc) is 3.06. The van der Waals surface area contributed by atoms with Crippen LogP contribution in [0.1, 0.15) is 16.1 Å². The number of para-hydroxylation sites is 1. The smallest absolute Gasteiger partial charge is 0.259 e. The number of pyridine rings is 1. The van der Waals surface area contributed by atoms with Crippen LogP contribution >= 0.6 is 0 Å². The zero-order chi connectivity index (χ0) is 19.0. The van der Waals surface area contributed by atoms with Gasteiger partial charge in [-0.2, -0.15) is 0 Å². The highest BCUT2D eigenvalue weighted by Crippen LogP contribution is 2.28.